The molecule has 0 spiro atoms. The fourth-order valence-electron chi connectivity index (χ4n) is 1.86. The zero-order valence-corrected chi connectivity index (χ0v) is 14.1. The molecule has 0 aliphatic rings. The van der Waals surface area contributed by atoms with E-state index in [1.54, 1.807) is 26.4 Å². The molecule has 0 unspecified atom stereocenters. The zero-order chi connectivity index (χ0) is 16.1. The largest absolute Gasteiger partial charge is 0.497 e. The standard InChI is InChI=1S/C16H16O4S2/c1-19-10-6-11(20-2)8-13(7-10)22-15-5-4-12(21-3)9-14(15)16(17)18/h4-9H,1-3H3,(H,17,18). The highest BCUT2D eigenvalue weighted by atomic mass is 32.2. The van der Waals surface area contributed by atoms with Crippen LogP contribution in [0.25, 0.3) is 0 Å². The summed E-state index contributed by atoms with van der Waals surface area (Å²) in [5.74, 6) is 0.396. The van der Waals surface area contributed by atoms with Crippen LogP contribution in [0.3, 0.4) is 0 Å². The third-order valence-electron chi connectivity index (χ3n) is 2.97. The molecule has 0 saturated carbocycles. The molecular weight excluding hydrogens is 320 g/mol. The summed E-state index contributed by atoms with van der Waals surface area (Å²) in [7, 11) is 3.17. The Morgan fingerprint density at radius 2 is 1.64 bits per heavy atom. The van der Waals surface area contributed by atoms with Crippen LogP contribution in [-0.4, -0.2) is 31.6 Å². The molecule has 0 saturated heterocycles. The molecule has 4 nitrogen and oxygen atoms in total. The third-order valence-corrected chi connectivity index (χ3v) is 4.74. The van der Waals surface area contributed by atoms with Gasteiger partial charge < -0.3 is 14.6 Å². The van der Waals surface area contributed by atoms with Crippen molar-refractivity contribution in [2.45, 2.75) is 14.7 Å². The van der Waals surface area contributed by atoms with Crippen LogP contribution in [0.15, 0.2) is 51.1 Å². The minimum atomic E-state index is -0.937. The van der Waals surface area contributed by atoms with E-state index in [1.165, 1.54) is 23.5 Å². The van der Waals surface area contributed by atoms with E-state index < -0.39 is 5.97 Å². The zero-order valence-electron chi connectivity index (χ0n) is 12.5. The van der Waals surface area contributed by atoms with Crippen LogP contribution in [0.2, 0.25) is 0 Å². The monoisotopic (exact) mass is 336 g/mol. The molecule has 0 bridgehead atoms. The number of benzene rings is 2. The quantitative estimate of drug-likeness (QED) is 0.795. The highest BCUT2D eigenvalue weighted by Crippen LogP contribution is 2.36. The molecule has 0 atom stereocenters. The van der Waals surface area contributed by atoms with Crippen LogP contribution >= 0.6 is 23.5 Å². The van der Waals surface area contributed by atoms with Gasteiger partial charge in [-0.1, -0.05) is 11.8 Å². The topological polar surface area (TPSA) is 55.8 Å². The summed E-state index contributed by atoms with van der Waals surface area (Å²) >= 11 is 2.89. The number of ether oxygens (including phenoxy) is 2. The van der Waals surface area contributed by atoms with Crippen molar-refractivity contribution >= 4 is 29.5 Å². The molecule has 0 radical (unpaired) electrons. The van der Waals surface area contributed by atoms with Crippen LogP contribution in [0.1, 0.15) is 10.4 Å². The van der Waals surface area contributed by atoms with Crippen LogP contribution in [-0.2, 0) is 0 Å². The first-order valence-corrected chi connectivity index (χ1v) is 8.43. The SMILES string of the molecule is COc1cc(OC)cc(Sc2ccc(SC)cc2C(=O)O)c1. The molecule has 2 aromatic carbocycles. The van der Waals surface area contributed by atoms with E-state index in [2.05, 4.69) is 0 Å². The predicted octanol–water partition coefficient (Wildman–Crippen LogP) is 4.28. The summed E-state index contributed by atoms with van der Waals surface area (Å²) in [6.07, 6.45) is 1.92. The van der Waals surface area contributed by atoms with E-state index >= 15 is 0 Å². The summed E-state index contributed by atoms with van der Waals surface area (Å²) < 4.78 is 10.5. The van der Waals surface area contributed by atoms with E-state index in [0.717, 1.165) is 9.79 Å². The lowest BCUT2D eigenvalue weighted by molar-refractivity contribution is 0.0693. The van der Waals surface area contributed by atoms with Gasteiger partial charge in [0, 0.05) is 20.8 Å². The summed E-state index contributed by atoms with van der Waals surface area (Å²) in [4.78, 5) is 13.9. The molecule has 0 fully saturated rings. The average molecular weight is 336 g/mol. The minimum absolute atomic E-state index is 0.290. The van der Waals surface area contributed by atoms with E-state index in [0.29, 0.717) is 22.0 Å². The lowest BCUT2D eigenvalue weighted by Crippen LogP contribution is -1.99. The van der Waals surface area contributed by atoms with E-state index in [-0.39, 0.29) is 0 Å². The second kappa shape index (κ2) is 7.47. The number of aromatic carboxylic acids is 1. The summed E-state index contributed by atoms with van der Waals surface area (Å²) in [6, 6.07) is 10.9. The van der Waals surface area contributed by atoms with Gasteiger partial charge in [0.15, 0.2) is 0 Å². The fraction of sp³-hybridized carbons (Fsp3) is 0.188. The van der Waals surface area contributed by atoms with Crippen molar-refractivity contribution in [3.63, 3.8) is 0 Å². The van der Waals surface area contributed by atoms with Gasteiger partial charge >= 0.3 is 5.97 Å². The number of carboxylic acid groups (broad SMARTS) is 1. The lowest BCUT2D eigenvalue weighted by Gasteiger charge is -2.10. The van der Waals surface area contributed by atoms with Crippen molar-refractivity contribution in [3.05, 3.63) is 42.0 Å². The summed E-state index contributed by atoms with van der Waals surface area (Å²) in [5.41, 5.74) is 0.290. The number of carbonyl (C=O) groups is 1. The maximum atomic E-state index is 11.5. The maximum absolute atomic E-state index is 11.5. The molecule has 0 heterocycles. The Balaban J connectivity index is 2.40. The van der Waals surface area contributed by atoms with Gasteiger partial charge in [0.2, 0.25) is 0 Å². The number of carboxylic acids is 1. The first-order chi connectivity index (χ1) is 10.6. The molecule has 0 aliphatic carbocycles. The molecule has 1 N–H and O–H groups in total. The van der Waals surface area contributed by atoms with Crippen molar-refractivity contribution in [1.29, 1.82) is 0 Å². The summed E-state index contributed by atoms with van der Waals surface area (Å²) in [6.45, 7) is 0. The van der Waals surface area contributed by atoms with Gasteiger partial charge in [-0.25, -0.2) is 4.79 Å². The van der Waals surface area contributed by atoms with Crippen molar-refractivity contribution in [1.82, 2.24) is 0 Å². The molecule has 2 aromatic rings. The van der Waals surface area contributed by atoms with E-state index in [4.69, 9.17) is 9.47 Å². The first-order valence-electron chi connectivity index (χ1n) is 6.39. The number of hydrogen-bond donors (Lipinski definition) is 1. The average Bonchev–Trinajstić information content (AvgIpc) is 2.54. The Hall–Kier alpha value is -1.79. The molecule has 6 heteroatoms. The van der Waals surface area contributed by atoms with E-state index in [1.807, 2.05) is 30.5 Å². The van der Waals surface area contributed by atoms with Gasteiger partial charge in [0.1, 0.15) is 11.5 Å². The molecule has 22 heavy (non-hydrogen) atoms. The van der Waals surface area contributed by atoms with Gasteiger partial charge in [0.05, 0.1) is 19.8 Å². The normalized spacial score (nSPS) is 10.3. The molecule has 116 valence electrons. The van der Waals surface area contributed by atoms with Crippen molar-refractivity contribution in [3.8, 4) is 11.5 Å². The Labute approximate surface area is 137 Å². The number of thioether (sulfide) groups is 1. The second-order valence-corrected chi connectivity index (χ2v) is 6.31. The smallest absolute Gasteiger partial charge is 0.336 e. The number of rotatable bonds is 6. The molecule has 0 aromatic heterocycles. The number of hydrogen-bond acceptors (Lipinski definition) is 5. The van der Waals surface area contributed by atoms with Crippen LogP contribution in [0.5, 0.6) is 11.5 Å². The van der Waals surface area contributed by atoms with Gasteiger partial charge in [-0.15, -0.1) is 11.8 Å². The highest BCUT2D eigenvalue weighted by molar-refractivity contribution is 7.99. The Bertz CT molecular complexity index is 664. The molecule has 0 amide bonds. The summed E-state index contributed by atoms with van der Waals surface area (Å²) in [5, 5.41) is 9.39. The van der Waals surface area contributed by atoms with Gasteiger partial charge in [-0.3, -0.25) is 0 Å². The minimum Gasteiger partial charge on any atom is -0.497 e. The fourth-order valence-corrected chi connectivity index (χ4v) is 3.30. The Morgan fingerprint density at radius 3 is 2.14 bits per heavy atom. The van der Waals surface area contributed by atoms with Crippen LogP contribution < -0.4 is 9.47 Å². The van der Waals surface area contributed by atoms with E-state index in [9.17, 15) is 9.90 Å². The Kier molecular flexibility index (Phi) is 5.63. The molecule has 0 aliphatic heterocycles. The van der Waals surface area contributed by atoms with Crippen molar-refractivity contribution in [2.75, 3.05) is 20.5 Å². The maximum Gasteiger partial charge on any atom is 0.336 e. The predicted molar refractivity (Wildman–Crippen MR) is 88.9 cm³/mol. The number of methoxy groups -OCH3 is 2. The first kappa shape index (κ1) is 16.6. The third kappa shape index (κ3) is 3.90. The molecule has 2 rings (SSSR count). The molecular formula is C16H16O4S2. The second-order valence-electron chi connectivity index (χ2n) is 4.32. The van der Waals surface area contributed by atoms with Gasteiger partial charge in [0.25, 0.3) is 0 Å². The van der Waals surface area contributed by atoms with Gasteiger partial charge in [-0.2, -0.15) is 0 Å². The highest BCUT2D eigenvalue weighted by Gasteiger charge is 2.13. The van der Waals surface area contributed by atoms with Crippen LogP contribution in [0, 0.1) is 0 Å². The van der Waals surface area contributed by atoms with Crippen molar-refractivity contribution < 1.29 is 19.4 Å². The van der Waals surface area contributed by atoms with Gasteiger partial charge in [-0.05, 0) is 36.6 Å². The Morgan fingerprint density at radius 1 is 1.00 bits per heavy atom. The lowest BCUT2D eigenvalue weighted by atomic mass is 10.2. The van der Waals surface area contributed by atoms with Crippen molar-refractivity contribution in [2.24, 2.45) is 0 Å². The van der Waals surface area contributed by atoms with Crippen LogP contribution in [0.4, 0.5) is 0 Å².